The van der Waals surface area contributed by atoms with E-state index >= 15 is 0 Å². The Labute approximate surface area is 195 Å². The van der Waals surface area contributed by atoms with Gasteiger partial charge >= 0.3 is 0 Å². The molecule has 5 nitrogen and oxygen atoms in total. The molecular formula is C26H22BrNO4. The molecule has 3 aromatic rings. The number of ketones is 1. The summed E-state index contributed by atoms with van der Waals surface area (Å²) in [6.07, 6.45) is 0.0174. The Kier molecular flexibility index (Phi) is 6.15. The third-order valence-corrected chi connectivity index (χ3v) is 5.69. The van der Waals surface area contributed by atoms with E-state index in [0.29, 0.717) is 17.0 Å². The average Bonchev–Trinajstić information content (AvgIpc) is 3.05. The molecule has 1 saturated heterocycles. The maximum atomic E-state index is 13.1. The molecule has 0 spiro atoms. The van der Waals surface area contributed by atoms with Crippen molar-refractivity contribution in [2.24, 2.45) is 0 Å². The molecule has 1 fully saturated rings. The molecule has 6 heteroatoms. The van der Waals surface area contributed by atoms with Crippen molar-refractivity contribution in [3.05, 3.63) is 100 Å². The van der Waals surface area contributed by atoms with Crippen molar-refractivity contribution in [2.75, 3.05) is 4.90 Å². The molecule has 0 aromatic heterocycles. The van der Waals surface area contributed by atoms with Crippen LogP contribution in [0.25, 0.3) is 5.76 Å². The SMILES string of the molecule is CC(C)Oc1ccc(/C(O)=C2\C(=O)C(=O)N(c3ccc(Br)cc3)C2c2ccccc2)cc1. The minimum absolute atomic E-state index is 0.0174. The summed E-state index contributed by atoms with van der Waals surface area (Å²) >= 11 is 3.40. The number of ether oxygens (including phenoxy) is 1. The number of rotatable bonds is 5. The van der Waals surface area contributed by atoms with Crippen molar-refractivity contribution < 1.29 is 19.4 Å². The van der Waals surface area contributed by atoms with Gasteiger partial charge in [-0.3, -0.25) is 14.5 Å². The van der Waals surface area contributed by atoms with Crippen molar-refractivity contribution in [1.82, 2.24) is 0 Å². The molecule has 1 heterocycles. The highest BCUT2D eigenvalue weighted by atomic mass is 79.9. The van der Waals surface area contributed by atoms with Gasteiger partial charge in [0.25, 0.3) is 11.7 Å². The van der Waals surface area contributed by atoms with E-state index in [1.165, 1.54) is 4.90 Å². The highest BCUT2D eigenvalue weighted by molar-refractivity contribution is 9.10. The summed E-state index contributed by atoms with van der Waals surface area (Å²) in [5, 5.41) is 11.2. The molecular weight excluding hydrogens is 470 g/mol. The smallest absolute Gasteiger partial charge is 0.300 e. The normalized spacial score (nSPS) is 17.8. The number of nitrogens with zero attached hydrogens (tertiary/aromatic N) is 1. The molecule has 4 rings (SSSR count). The van der Waals surface area contributed by atoms with Crippen LogP contribution in [0.5, 0.6) is 5.75 Å². The van der Waals surface area contributed by atoms with E-state index in [1.54, 1.807) is 36.4 Å². The number of aliphatic hydroxyl groups excluding tert-OH is 1. The molecule has 1 aliphatic heterocycles. The number of anilines is 1. The van der Waals surface area contributed by atoms with Gasteiger partial charge in [-0.05, 0) is 67.9 Å². The van der Waals surface area contributed by atoms with Crippen LogP contribution in [-0.4, -0.2) is 22.9 Å². The first-order valence-electron chi connectivity index (χ1n) is 10.3. The Balaban J connectivity index is 1.84. The van der Waals surface area contributed by atoms with E-state index in [9.17, 15) is 14.7 Å². The molecule has 1 atom stereocenters. The van der Waals surface area contributed by atoms with Crippen LogP contribution >= 0.6 is 15.9 Å². The fourth-order valence-electron chi connectivity index (χ4n) is 3.77. The number of hydrogen-bond acceptors (Lipinski definition) is 4. The topological polar surface area (TPSA) is 66.8 Å². The van der Waals surface area contributed by atoms with Crippen LogP contribution in [0.3, 0.4) is 0 Å². The van der Waals surface area contributed by atoms with E-state index in [0.717, 1.165) is 10.0 Å². The molecule has 0 aliphatic carbocycles. The first-order chi connectivity index (χ1) is 15.4. The number of halogens is 1. The monoisotopic (exact) mass is 491 g/mol. The number of carbonyl (C=O) groups excluding carboxylic acids is 2. The summed E-state index contributed by atoms with van der Waals surface area (Å²) in [6.45, 7) is 3.86. The maximum Gasteiger partial charge on any atom is 0.300 e. The zero-order chi connectivity index (χ0) is 22.8. The first-order valence-corrected chi connectivity index (χ1v) is 11.0. The van der Waals surface area contributed by atoms with Crippen molar-refractivity contribution in [2.45, 2.75) is 26.0 Å². The van der Waals surface area contributed by atoms with Crippen LogP contribution in [0.1, 0.15) is 31.0 Å². The summed E-state index contributed by atoms with van der Waals surface area (Å²) in [5.74, 6) is -0.955. The minimum atomic E-state index is -0.746. The average molecular weight is 492 g/mol. The zero-order valence-electron chi connectivity index (χ0n) is 17.7. The first kappa shape index (κ1) is 21.8. The lowest BCUT2D eigenvalue weighted by Crippen LogP contribution is -2.29. The van der Waals surface area contributed by atoms with Crippen molar-refractivity contribution >= 4 is 39.1 Å². The van der Waals surface area contributed by atoms with Gasteiger partial charge in [0.05, 0.1) is 17.7 Å². The van der Waals surface area contributed by atoms with Gasteiger partial charge in [0.2, 0.25) is 0 Å². The van der Waals surface area contributed by atoms with Crippen LogP contribution in [0.4, 0.5) is 5.69 Å². The fraction of sp³-hybridized carbons (Fsp3) is 0.154. The Morgan fingerprint density at radius 1 is 0.938 bits per heavy atom. The van der Waals surface area contributed by atoms with Gasteiger partial charge in [0, 0.05) is 15.7 Å². The molecule has 1 unspecified atom stereocenters. The summed E-state index contributed by atoms with van der Waals surface area (Å²) < 4.78 is 6.52. The van der Waals surface area contributed by atoms with Gasteiger partial charge in [-0.2, -0.15) is 0 Å². The molecule has 32 heavy (non-hydrogen) atoms. The number of aliphatic hydroxyl groups is 1. The number of carbonyl (C=O) groups is 2. The highest BCUT2D eigenvalue weighted by Gasteiger charge is 2.46. The fourth-order valence-corrected chi connectivity index (χ4v) is 4.03. The number of hydrogen-bond donors (Lipinski definition) is 1. The molecule has 3 aromatic carbocycles. The Morgan fingerprint density at radius 3 is 2.16 bits per heavy atom. The van der Waals surface area contributed by atoms with Gasteiger partial charge in [-0.15, -0.1) is 0 Å². The summed E-state index contributed by atoms with van der Waals surface area (Å²) in [4.78, 5) is 27.7. The number of benzene rings is 3. The lowest BCUT2D eigenvalue weighted by molar-refractivity contribution is -0.132. The molecule has 0 bridgehead atoms. The Bertz CT molecular complexity index is 1170. The lowest BCUT2D eigenvalue weighted by atomic mass is 9.95. The summed E-state index contributed by atoms with van der Waals surface area (Å²) in [7, 11) is 0. The highest BCUT2D eigenvalue weighted by Crippen LogP contribution is 2.42. The van der Waals surface area contributed by atoms with Crippen LogP contribution in [-0.2, 0) is 9.59 Å². The Morgan fingerprint density at radius 2 is 1.56 bits per heavy atom. The molecule has 1 N–H and O–H groups in total. The molecule has 0 saturated carbocycles. The third kappa shape index (κ3) is 4.18. The van der Waals surface area contributed by atoms with Gasteiger partial charge in [0.15, 0.2) is 0 Å². The maximum absolute atomic E-state index is 13.1. The Hall–Kier alpha value is -3.38. The predicted octanol–water partition coefficient (Wildman–Crippen LogP) is 5.86. The summed E-state index contributed by atoms with van der Waals surface area (Å²) in [5.41, 5.74) is 1.80. The lowest BCUT2D eigenvalue weighted by Gasteiger charge is -2.25. The number of amides is 1. The largest absolute Gasteiger partial charge is 0.507 e. The third-order valence-electron chi connectivity index (χ3n) is 5.16. The predicted molar refractivity (Wildman–Crippen MR) is 128 cm³/mol. The second kappa shape index (κ2) is 9.01. The van der Waals surface area contributed by atoms with E-state index < -0.39 is 17.7 Å². The molecule has 1 amide bonds. The van der Waals surface area contributed by atoms with E-state index in [4.69, 9.17) is 4.74 Å². The molecule has 1 aliphatic rings. The van der Waals surface area contributed by atoms with Gasteiger partial charge < -0.3 is 9.84 Å². The van der Waals surface area contributed by atoms with Crippen LogP contribution < -0.4 is 9.64 Å². The van der Waals surface area contributed by atoms with Crippen LogP contribution in [0.15, 0.2) is 88.9 Å². The van der Waals surface area contributed by atoms with E-state index in [-0.39, 0.29) is 17.4 Å². The van der Waals surface area contributed by atoms with Gasteiger partial charge in [-0.25, -0.2) is 0 Å². The van der Waals surface area contributed by atoms with Crippen LogP contribution in [0, 0.1) is 0 Å². The molecule has 0 radical (unpaired) electrons. The van der Waals surface area contributed by atoms with E-state index in [2.05, 4.69) is 15.9 Å². The standard InChI is InChI=1S/C26H22BrNO4/c1-16(2)32-21-14-8-18(9-15-21)24(29)22-23(17-6-4-3-5-7-17)28(26(31)25(22)30)20-12-10-19(27)11-13-20/h3-16,23,29H,1-2H3/b24-22+. The van der Waals surface area contributed by atoms with Crippen molar-refractivity contribution in [1.29, 1.82) is 0 Å². The van der Waals surface area contributed by atoms with E-state index in [1.807, 2.05) is 56.3 Å². The van der Waals surface area contributed by atoms with Crippen molar-refractivity contribution in [3.8, 4) is 5.75 Å². The quantitative estimate of drug-likeness (QED) is 0.275. The van der Waals surface area contributed by atoms with Gasteiger partial charge in [0.1, 0.15) is 11.5 Å². The summed E-state index contributed by atoms with van der Waals surface area (Å²) in [6, 6.07) is 22.5. The van der Waals surface area contributed by atoms with Gasteiger partial charge in [-0.1, -0.05) is 46.3 Å². The van der Waals surface area contributed by atoms with Crippen LogP contribution in [0.2, 0.25) is 0 Å². The zero-order valence-corrected chi connectivity index (χ0v) is 19.2. The van der Waals surface area contributed by atoms with Crippen molar-refractivity contribution in [3.63, 3.8) is 0 Å². The minimum Gasteiger partial charge on any atom is -0.507 e. The second-order valence-corrected chi connectivity index (χ2v) is 8.66. The number of Topliss-reactive ketones (excluding diaryl/α,β-unsaturated/α-hetero) is 1. The molecule has 162 valence electrons. The second-order valence-electron chi connectivity index (χ2n) is 7.75.